The number of nitriles is 1. The largest absolute Gasteiger partial charge is 0.497 e. The summed E-state index contributed by atoms with van der Waals surface area (Å²) in [6.45, 7) is 2.37. The quantitative estimate of drug-likeness (QED) is 0.684. The molecule has 1 rings (SSSR count). The highest BCUT2D eigenvalue weighted by atomic mass is 35.7. The van der Waals surface area contributed by atoms with Gasteiger partial charge in [-0.3, -0.25) is 0 Å². The van der Waals surface area contributed by atoms with Crippen molar-refractivity contribution in [2.45, 2.75) is 19.8 Å². The van der Waals surface area contributed by atoms with Crippen molar-refractivity contribution in [1.82, 2.24) is 0 Å². The number of methoxy groups -OCH3 is 1. The SMILES string of the molecule is COc1cc(C#N)cc(OCCC(C)CCS(=O)(=O)Cl)c1. The molecule has 1 unspecified atom stereocenters. The second kappa shape index (κ2) is 8.11. The Hall–Kier alpha value is -1.45. The summed E-state index contributed by atoms with van der Waals surface area (Å²) < 4.78 is 32.4. The Bertz CT molecular complexity index is 610. The third-order valence-corrected chi connectivity index (χ3v) is 4.16. The third kappa shape index (κ3) is 7.21. The molecule has 0 aromatic heterocycles. The van der Waals surface area contributed by atoms with Crippen molar-refractivity contribution in [2.24, 2.45) is 5.92 Å². The van der Waals surface area contributed by atoms with Gasteiger partial charge >= 0.3 is 0 Å². The van der Waals surface area contributed by atoms with Crippen LogP contribution >= 0.6 is 10.7 Å². The molecule has 0 saturated carbocycles. The summed E-state index contributed by atoms with van der Waals surface area (Å²) in [4.78, 5) is 0. The van der Waals surface area contributed by atoms with Gasteiger partial charge in [0.05, 0.1) is 31.1 Å². The summed E-state index contributed by atoms with van der Waals surface area (Å²) in [5.41, 5.74) is 0.464. The molecule has 0 aliphatic carbocycles. The first-order valence-electron chi connectivity index (χ1n) is 6.48. The van der Waals surface area contributed by atoms with Gasteiger partial charge in [0.2, 0.25) is 9.05 Å². The molecule has 21 heavy (non-hydrogen) atoms. The van der Waals surface area contributed by atoms with E-state index in [9.17, 15) is 8.42 Å². The molecular weight excluding hydrogens is 314 g/mol. The highest BCUT2D eigenvalue weighted by Gasteiger charge is 2.10. The van der Waals surface area contributed by atoms with Crippen LogP contribution in [0.4, 0.5) is 0 Å². The third-order valence-electron chi connectivity index (χ3n) is 2.98. The molecule has 0 aliphatic rings. The minimum Gasteiger partial charge on any atom is -0.497 e. The van der Waals surface area contributed by atoms with Gasteiger partial charge in [0, 0.05) is 16.7 Å². The Morgan fingerprint density at radius 3 is 2.52 bits per heavy atom. The molecule has 0 saturated heterocycles. The lowest BCUT2D eigenvalue weighted by atomic mass is 10.1. The van der Waals surface area contributed by atoms with Gasteiger partial charge in [-0.2, -0.15) is 5.26 Å². The van der Waals surface area contributed by atoms with E-state index in [0.29, 0.717) is 36.5 Å². The number of hydrogen-bond donors (Lipinski definition) is 0. The monoisotopic (exact) mass is 331 g/mol. The maximum absolute atomic E-state index is 10.9. The van der Waals surface area contributed by atoms with E-state index >= 15 is 0 Å². The smallest absolute Gasteiger partial charge is 0.232 e. The first kappa shape index (κ1) is 17.6. The van der Waals surface area contributed by atoms with Crippen molar-refractivity contribution >= 4 is 19.7 Å². The lowest BCUT2D eigenvalue weighted by molar-refractivity contribution is 0.280. The minimum atomic E-state index is -3.44. The summed E-state index contributed by atoms with van der Waals surface area (Å²) in [5.74, 6) is 1.26. The van der Waals surface area contributed by atoms with Gasteiger partial charge < -0.3 is 9.47 Å². The summed E-state index contributed by atoms with van der Waals surface area (Å²) in [6.07, 6.45) is 1.20. The van der Waals surface area contributed by atoms with Crippen molar-refractivity contribution in [3.8, 4) is 17.6 Å². The van der Waals surface area contributed by atoms with Crippen LogP contribution in [0.2, 0.25) is 0 Å². The predicted molar refractivity (Wildman–Crippen MR) is 81.2 cm³/mol. The zero-order valence-electron chi connectivity index (χ0n) is 12.0. The average Bonchev–Trinajstić information content (AvgIpc) is 2.44. The Kier molecular flexibility index (Phi) is 6.79. The van der Waals surface area contributed by atoms with Gasteiger partial charge in [-0.1, -0.05) is 6.92 Å². The van der Waals surface area contributed by atoms with Crippen molar-refractivity contribution in [3.05, 3.63) is 23.8 Å². The van der Waals surface area contributed by atoms with Crippen molar-refractivity contribution in [3.63, 3.8) is 0 Å². The van der Waals surface area contributed by atoms with E-state index in [1.165, 1.54) is 7.11 Å². The number of benzene rings is 1. The van der Waals surface area contributed by atoms with Crippen molar-refractivity contribution < 1.29 is 17.9 Å². The lowest BCUT2D eigenvalue weighted by Crippen LogP contribution is -2.08. The van der Waals surface area contributed by atoms with E-state index in [4.69, 9.17) is 25.4 Å². The van der Waals surface area contributed by atoms with E-state index in [2.05, 4.69) is 0 Å². The van der Waals surface area contributed by atoms with Crippen LogP contribution in [0.1, 0.15) is 25.3 Å². The first-order valence-corrected chi connectivity index (χ1v) is 8.96. The maximum Gasteiger partial charge on any atom is 0.232 e. The molecule has 0 fully saturated rings. The second-order valence-corrected chi connectivity index (χ2v) is 7.68. The predicted octanol–water partition coefficient (Wildman–Crippen LogP) is 2.93. The zero-order chi connectivity index (χ0) is 15.9. The fourth-order valence-corrected chi connectivity index (χ4v) is 2.65. The van der Waals surface area contributed by atoms with E-state index < -0.39 is 9.05 Å². The number of ether oxygens (including phenoxy) is 2. The van der Waals surface area contributed by atoms with Crippen LogP contribution in [0.3, 0.4) is 0 Å². The van der Waals surface area contributed by atoms with Gasteiger partial charge in [0.1, 0.15) is 11.5 Å². The molecule has 0 N–H and O–H groups in total. The van der Waals surface area contributed by atoms with Gasteiger partial charge in [0.15, 0.2) is 0 Å². The second-order valence-electron chi connectivity index (χ2n) is 4.78. The van der Waals surface area contributed by atoms with Gasteiger partial charge in [-0.05, 0) is 30.9 Å². The van der Waals surface area contributed by atoms with Crippen molar-refractivity contribution in [1.29, 1.82) is 5.26 Å². The van der Waals surface area contributed by atoms with Gasteiger partial charge in [-0.15, -0.1) is 0 Å². The van der Waals surface area contributed by atoms with Crippen LogP contribution in [-0.2, 0) is 9.05 Å². The van der Waals surface area contributed by atoms with Crippen LogP contribution < -0.4 is 9.47 Å². The molecule has 0 aliphatic heterocycles. The molecule has 116 valence electrons. The molecule has 0 radical (unpaired) electrons. The van der Waals surface area contributed by atoms with Gasteiger partial charge in [0.25, 0.3) is 0 Å². The molecular formula is C14H18ClNO4S. The lowest BCUT2D eigenvalue weighted by Gasteiger charge is -2.12. The summed E-state index contributed by atoms with van der Waals surface area (Å²) in [5, 5.41) is 8.91. The Morgan fingerprint density at radius 2 is 1.95 bits per heavy atom. The van der Waals surface area contributed by atoms with E-state index in [0.717, 1.165) is 0 Å². The van der Waals surface area contributed by atoms with Crippen LogP contribution in [0.5, 0.6) is 11.5 Å². The molecule has 1 aromatic rings. The summed E-state index contributed by atoms with van der Waals surface area (Å²) >= 11 is 0. The number of nitrogens with zero attached hydrogens (tertiary/aromatic N) is 1. The Balaban J connectivity index is 2.47. The first-order chi connectivity index (χ1) is 9.84. The van der Waals surface area contributed by atoms with E-state index in [1.807, 2.05) is 13.0 Å². The Labute approximate surface area is 129 Å². The van der Waals surface area contributed by atoms with Gasteiger partial charge in [-0.25, -0.2) is 8.42 Å². The zero-order valence-corrected chi connectivity index (χ0v) is 13.6. The van der Waals surface area contributed by atoms with Crippen LogP contribution in [0.25, 0.3) is 0 Å². The summed E-state index contributed by atoms with van der Waals surface area (Å²) in [7, 11) is 3.26. The molecule has 7 heteroatoms. The fourth-order valence-electron chi connectivity index (χ4n) is 1.70. The molecule has 0 bridgehead atoms. The Morgan fingerprint density at radius 1 is 1.29 bits per heavy atom. The average molecular weight is 332 g/mol. The maximum atomic E-state index is 10.9. The topological polar surface area (TPSA) is 76.4 Å². The van der Waals surface area contributed by atoms with E-state index in [1.54, 1.807) is 18.2 Å². The normalized spacial score (nSPS) is 12.5. The molecule has 0 spiro atoms. The van der Waals surface area contributed by atoms with Crippen molar-refractivity contribution in [2.75, 3.05) is 19.5 Å². The highest BCUT2D eigenvalue weighted by Crippen LogP contribution is 2.23. The highest BCUT2D eigenvalue weighted by molar-refractivity contribution is 8.13. The van der Waals surface area contributed by atoms with Crippen LogP contribution in [0, 0.1) is 17.2 Å². The minimum absolute atomic E-state index is 0.0343. The number of halogens is 1. The van der Waals surface area contributed by atoms with Crippen LogP contribution in [-0.4, -0.2) is 27.9 Å². The standard InChI is InChI=1S/C14H18ClNO4S/c1-11(4-6-21(15,17)18)3-5-20-14-8-12(10-16)7-13(9-14)19-2/h7-9,11H,3-6H2,1-2H3. The molecule has 0 amide bonds. The fraction of sp³-hybridized carbons (Fsp3) is 0.500. The molecule has 1 atom stereocenters. The van der Waals surface area contributed by atoms with Crippen LogP contribution in [0.15, 0.2) is 18.2 Å². The molecule has 1 aromatic carbocycles. The molecule has 0 heterocycles. The van der Waals surface area contributed by atoms with E-state index in [-0.39, 0.29) is 11.7 Å². The number of hydrogen-bond acceptors (Lipinski definition) is 5. The molecule has 5 nitrogen and oxygen atoms in total. The number of rotatable bonds is 8. The summed E-state index contributed by atoms with van der Waals surface area (Å²) in [6, 6.07) is 7.00.